The second kappa shape index (κ2) is 2.51. The Labute approximate surface area is 64.5 Å². The third-order valence-corrected chi connectivity index (χ3v) is 2.05. The molecule has 1 saturated heterocycles. The molecule has 2 N–H and O–H groups in total. The molecule has 0 saturated carbocycles. The number of hydrogen-bond donors (Lipinski definition) is 2. The summed E-state index contributed by atoms with van der Waals surface area (Å²) in [5, 5.41) is 3.18. The number of H-pyrrole nitrogens is 1. The number of pyridine rings is 1. The molecule has 58 valence electrons. The summed E-state index contributed by atoms with van der Waals surface area (Å²) in [5.41, 5.74) is 0.892. The third kappa shape index (κ3) is 1.07. The molecule has 0 aliphatic carbocycles. The molecular formula is C8H10N2O. The van der Waals surface area contributed by atoms with Crippen molar-refractivity contribution in [2.45, 2.75) is 12.5 Å². The Kier molecular flexibility index (Phi) is 1.51. The Morgan fingerprint density at radius 3 is 2.91 bits per heavy atom. The zero-order valence-corrected chi connectivity index (χ0v) is 6.13. The molecule has 1 aliphatic rings. The van der Waals surface area contributed by atoms with E-state index in [9.17, 15) is 4.79 Å². The number of nitrogens with one attached hydrogen (secondary N) is 2. The maximum absolute atomic E-state index is 11.2. The van der Waals surface area contributed by atoms with Gasteiger partial charge in [-0.1, -0.05) is 6.07 Å². The quantitative estimate of drug-likeness (QED) is 0.609. The molecular weight excluding hydrogens is 140 g/mol. The van der Waals surface area contributed by atoms with Gasteiger partial charge in [0.1, 0.15) is 0 Å². The average molecular weight is 150 g/mol. The molecule has 0 bridgehead atoms. The molecule has 0 spiro atoms. The molecule has 3 heteroatoms. The lowest BCUT2D eigenvalue weighted by atomic mass is 10.00. The lowest BCUT2D eigenvalue weighted by Crippen LogP contribution is -2.38. The van der Waals surface area contributed by atoms with Crippen LogP contribution in [0.5, 0.6) is 0 Å². The number of aromatic amines is 1. The molecule has 3 nitrogen and oxygen atoms in total. The topological polar surface area (TPSA) is 44.9 Å². The minimum atomic E-state index is 0.0321. The SMILES string of the molecule is O=c1[nH]cccc1[C@@H]1CCN1. The monoisotopic (exact) mass is 150 g/mol. The summed E-state index contributed by atoms with van der Waals surface area (Å²) in [6, 6.07) is 4.02. The van der Waals surface area contributed by atoms with Crippen molar-refractivity contribution >= 4 is 0 Å². The smallest absolute Gasteiger partial charge is 0.252 e. The van der Waals surface area contributed by atoms with Gasteiger partial charge in [-0.3, -0.25) is 4.79 Å². The van der Waals surface area contributed by atoms with Crippen molar-refractivity contribution in [2.24, 2.45) is 0 Å². The van der Waals surface area contributed by atoms with Gasteiger partial charge >= 0.3 is 0 Å². The Morgan fingerprint density at radius 2 is 2.36 bits per heavy atom. The molecule has 0 aromatic carbocycles. The van der Waals surface area contributed by atoms with Gasteiger partial charge < -0.3 is 10.3 Å². The van der Waals surface area contributed by atoms with E-state index in [2.05, 4.69) is 10.3 Å². The molecule has 1 atom stereocenters. The van der Waals surface area contributed by atoms with Crippen molar-refractivity contribution < 1.29 is 0 Å². The number of aromatic nitrogens is 1. The first-order valence-corrected chi connectivity index (χ1v) is 3.79. The van der Waals surface area contributed by atoms with Crippen molar-refractivity contribution in [1.29, 1.82) is 0 Å². The predicted octanol–water partition coefficient (Wildman–Crippen LogP) is 0.409. The zero-order valence-electron chi connectivity index (χ0n) is 6.13. The van der Waals surface area contributed by atoms with Crippen molar-refractivity contribution in [2.75, 3.05) is 6.54 Å². The van der Waals surface area contributed by atoms with E-state index in [1.165, 1.54) is 0 Å². The van der Waals surface area contributed by atoms with Crippen molar-refractivity contribution in [3.63, 3.8) is 0 Å². The van der Waals surface area contributed by atoms with E-state index in [-0.39, 0.29) is 5.56 Å². The second-order valence-corrected chi connectivity index (χ2v) is 2.75. The first-order chi connectivity index (χ1) is 5.38. The van der Waals surface area contributed by atoms with Crippen molar-refractivity contribution in [1.82, 2.24) is 10.3 Å². The van der Waals surface area contributed by atoms with Crippen LogP contribution in [0.2, 0.25) is 0 Å². The van der Waals surface area contributed by atoms with Gasteiger partial charge in [-0.05, 0) is 19.0 Å². The molecule has 0 radical (unpaired) electrons. The van der Waals surface area contributed by atoms with Gasteiger partial charge in [-0.25, -0.2) is 0 Å². The molecule has 2 rings (SSSR count). The molecule has 2 heterocycles. The minimum absolute atomic E-state index is 0.0321. The summed E-state index contributed by atoms with van der Waals surface area (Å²) in [6.07, 6.45) is 2.73. The van der Waals surface area contributed by atoms with E-state index in [0.29, 0.717) is 6.04 Å². The van der Waals surface area contributed by atoms with Crippen LogP contribution in [-0.2, 0) is 0 Å². The standard InChI is InChI=1S/C8H10N2O/c11-8-6(2-1-4-10-8)7-3-5-9-7/h1-2,4,7,9H,3,5H2,(H,10,11)/t7-/m0/s1. The summed E-state index contributed by atoms with van der Waals surface area (Å²) in [4.78, 5) is 13.8. The maximum atomic E-state index is 11.2. The first kappa shape index (κ1) is 6.61. The van der Waals surface area contributed by atoms with Crippen LogP contribution in [0.4, 0.5) is 0 Å². The van der Waals surface area contributed by atoms with Crippen LogP contribution in [0.3, 0.4) is 0 Å². The summed E-state index contributed by atoms with van der Waals surface area (Å²) in [6.45, 7) is 1.03. The van der Waals surface area contributed by atoms with Gasteiger partial charge in [0, 0.05) is 17.8 Å². The molecule has 0 unspecified atom stereocenters. The molecule has 11 heavy (non-hydrogen) atoms. The second-order valence-electron chi connectivity index (χ2n) is 2.75. The van der Waals surface area contributed by atoms with Gasteiger partial charge in [0.05, 0.1) is 0 Å². The minimum Gasteiger partial charge on any atom is -0.329 e. The highest BCUT2D eigenvalue weighted by Crippen LogP contribution is 2.18. The molecule has 1 aromatic rings. The van der Waals surface area contributed by atoms with Crippen LogP contribution >= 0.6 is 0 Å². The van der Waals surface area contributed by atoms with Crippen molar-refractivity contribution in [3.8, 4) is 0 Å². The van der Waals surface area contributed by atoms with Gasteiger partial charge in [0.25, 0.3) is 5.56 Å². The summed E-state index contributed by atoms with van der Waals surface area (Å²) >= 11 is 0. The lowest BCUT2D eigenvalue weighted by Gasteiger charge is -2.26. The summed E-state index contributed by atoms with van der Waals surface area (Å²) in [5.74, 6) is 0. The predicted molar refractivity (Wildman–Crippen MR) is 42.4 cm³/mol. The Balaban J connectivity index is 2.36. The van der Waals surface area contributed by atoms with E-state index in [1.807, 2.05) is 12.1 Å². The van der Waals surface area contributed by atoms with E-state index in [4.69, 9.17) is 0 Å². The molecule has 0 amide bonds. The van der Waals surface area contributed by atoms with Gasteiger partial charge in [0.2, 0.25) is 0 Å². The van der Waals surface area contributed by atoms with Crippen LogP contribution in [0.15, 0.2) is 23.1 Å². The lowest BCUT2D eigenvalue weighted by molar-refractivity contribution is 0.380. The van der Waals surface area contributed by atoms with E-state index in [1.54, 1.807) is 6.20 Å². The maximum Gasteiger partial charge on any atom is 0.252 e. The van der Waals surface area contributed by atoms with Crippen LogP contribution in [0, 0.1) is 0 Å². The Morgan fingerprint density at radius 1 is 1.55 bits per heavy atom. The molecule has 1 fully saturated rings. The van der Waals surface area contributed by atoms with Crippen molar-refractivity contribution in [3.05, 3.63) is 34.2 Å². The van der Waals surface area contributed by atoms with Crippen LogP contribution in [0.1, 0.15) is 18.0 Å². The van der Waals surface area contributed by atoms with E-state index in [0.717, 1.165) is 18.5 Å². The first-order valence-electron chi connectivity index (χ1n) is 3.79. The van der Waals surface area contributed by atoms with Gasteiger partial charge in [-0.15, -0.1) is 0 Å². The molecule has 1 aromatic heterocycles. The zero-order chi connectivity index (χ0) is 7.68. The Hall–Kier alpha value is -1.09. The van der Waals surface area contributed by atoms with Crippen LogP contribution < -0.4 is 10.9 Å². The fraction of sp³-hybridized carbons (Fsp3) is 0.375. The van der Waals surface area contributed by atoms with Gasteiger partial charge in [0.15, 0.2) is 0 Å². The highest BCUT2D eigenvalue weighted by atomic mass is 16.1. The fourth-order valence-electron chi connectivity index (χ4n) is 1.26. The summed E-state index contributed by atoms with van der Waals surface area (Å²) < 4.78 is 0. The normalized spacial score (nSPS) is 22.7. The van der Waals surface area contributed by atoms with Gasteiger partial charge in [-0.2, -0.15) is 0 Å². The van der Waals surface area contributed by atoms with Crippen LogP contribution in [0.25, 0.3) is 0 Å². The Bertz CT molecular complexity index is 301. The highest BCUT2D eigenvalue weighted by molar-refractivity contribution is 5.16. The fourth-order valence-corrected chi connectivity index (χ4v) is 1.26. The van der Waals surface area contributed by atoms with Crippen LogP contribution in [-0.4, -0.2) is 11.5 Å². The largest absolute Gasteiger partial charge is 0.329 e. The summed E-state index contributed by atoms with van der Waals surface area (Å²) in [7, 11) is 0. The highest BCUT2D eigenvalue weighted by Gasteiger charge is 2.20. The third-order valence-electron chi connectivity index (χ3n) is 2.05. The van der Waals surface area contributed by atoms with E-state index >= 15 is 0 Å². The number of rotatable bonds is 1. The van der Waals surface area contributed by atoms with E-state index < -0.39 is 0 Å². The molecule has 1 aliphatic heterocycles. The number of hydrogen-bond acceptors (Lipinski definition) is 2. The average Bonchev–Trinajstić information content (AvgIpc) is 1.90.